The predicted octanol–water partition coefficient (Wildman–Crippen LogP) is 1.59. The maximum absolute atomic E-state index is 11.0. The van der Waals surface area contributed by atoms with Crippen molar-refractivity contribution in [1.82, 2.24) is 0 Å². The van der Waals surface area contributed by atoms with Crippen molar-refractivity contribution in [3.05, 3.63) is 0 Å². The van der Waals surface area contributed by atoms with Gasteiger partial charge in [0.15, 0.2) is 5.78 Å². The van der Waals surface area contributed by atoms with Crippen molar-refractivity contribution >= 4 is 11.5 Å². The van der Waals surface area contributed by atoms with Gasteiger partial charge in [-0.25, -0.2) is 0 Å². The van der Waals surface area contributed by atoms with Crippen LogP contribution in [-0.2, 0) is 4.79 Å². The molecule has 0 bridgehead atoms. The molecule has 0 aromatic heterocycles. The Morgan fingerprint density at radius 1 is 1.60 bits per heavy atom. The SMILES string of the molecule is [13CH3][13CH2][13C](=O)C1=NCCCC1. The van der Waals surface area contributed by atoms with Crippen molar-refractivity contribution in [3.63, 3.8) is 0 Å². The molecule has 0 aliphatic carbocycles. The second-order valence-electron chi connectivity index (χ2n) is 2.56. The summed E-state index contributed by atoms with van der Waals surface area (Å²) in [5.41, 5.74) is 0.828. The molecule has 1 heterocycles. The van der Waals surface area contributed by atoms with Gasteiger partial charge in [-0.3, -0.25) is 9.79 Å². The zero-order chi connectivity index (χ0) is 7.40. The molecule has 0 aromatic rings. The highest BCUT2D eigenvalue weighted by Crippen LogP contribution is 2.07. The molecule has 0 N–H and O–H groups in total. The molecule has 1 aliphatic rings. The van der Waals surface area contributed by atoms with Crippen molar-refractivity contribution in [3.8, 4) is 0 Å². The maximum atomic E-state index is 11.0. The van der Waals surface area contributed by atoms with Crippen LogP contribution in [0.15, 0.2) is 4.99 Å². The third-order valence-electron chi connectivity index (χ3n) is 1.77. The quantitative estimate of drug-likeness (QED) is 0.538. The molecular formula is C8H13NO. The smallest absolute Gasteiger partial charge is 0.176 e. The lowest BCUT2D eigenvalue weighted by atomic mass is 10.1. The molecule has 2 heteroatoms. The van der Waals surface area contributed by atoms with E-state index in [9.17, 15) is 4.79 Å². The molecule has 1 rings (SSSR count). The number of hydrogen-bond donors (Lipinski definition) is 0. The van der Waals surface area contributed by atoms with Gasteiger partial charge in [0.25, 0.3) is 0 Å². The van der Waals surface area contributed by atoms with Gasteiger partial charge in [-0.05, 0) is 19.3 Å². The van der Waals surface area contributed by atoms with Crippen LogP contribution in [0.25, 0.3) is 0 Å². The van der Waals surface area contributed by atoms with Crippen molar-refractivity contribution in [1.29, 1.82) is 0 Å². The Kier molecular flexibility index (Phi) is 2.60. The summed E-state index contributed by atoms with van der Waals surface area (Å²) in [6.07, 6.45) is 3.82. The van der Waals surface area contributed by atoms with Gasteiger partial charge in [-0.2, -0.15) is 0 Å². The van der Waals surface area contributed by atoms with Gasteiger partial charge in [0.05, 0.1) is 5.71 Å². The Hall–Kier alpha value is -0.660. The van der Waals surface area contributed by atoms with E-state index in [4.69, 9.17) is 0 Å². The highest BCUT2D eigenvalue weighted by Gasteiger charge is 2.10. The summed E-state index contributed by atoms with van der Waals surface area (Å²) in [6.45, 7) is 2.75. The Balaban J connectivity index is 2.53. The molecular weight excluding hydrogens is 129 g/mol. The van der Waals surface area contributed by atoms with E-state index in [1.165, 1.54) is 0 Å². The average molecular weight is 142 g/mol. The summed E-state index contributed by atoms with van der Waals surface area (Å²) >= 11 is 0. The van der Waals surface area contributed by atoms with E-state index >= 15 is 0 Å². The summed E-state index contributed by atoms with van der Waals surface area (Å²) in [4.78, 5) is 15.2. The molecule has 0 spiro atoms. The second-order valence-corrected chi connectivity index (χ2v) is 2.56. The Labute approximate surface area is 61.3 Å². The molecule has 1 aliphatic heterocycles. The molecule has 0 fully saturated rings. The van der Waals surface area contributed by atoms with E-state index in [1.54, 1.807) is 0 Å². The topological polar surface area (TPSA) is 29.4 Å². The Morgan fingerprint density at radius 2 is 2.40 bits per heavy atom. The number of Topliss-reactive ketones (excluding diaryl/α,β-unsaturated/α-hetero) is 1. The Bertz CT molecular complexity index is 161. The molecule has 0 unspecified atom stereocenters. The summed E-state index contributed by atoms with van der Waals surface area (Å²) in [5.74, 6) is 0.236. The normalized spacial score (nSPS) is 18.3. The monoisotopic (exact) mass is 142 g/mol. The van der Waals surface area contributed by atoms with Crippen molar-refractivity contribution in [2.75, 3.05) is 6.54 Å². The number of carbonyl (C=O) groups excluding carboxylic acids is 1. The van der Waals surface area contributed by atoms with Gasteiger partial charge in [-0.1, -0.05) is 6.92 Å². The van der Waals surface area contributed by atoms with Gasteiger partial charge in [0.2, 0.25) is 0 Å². The molecule has 0 amide bonds. The summed E-state index contributed by atoms with van der Waals surface area (Å²) in [5, 5.41) is 0. The number of hydrogen-bond acceptors (Lipinski definition) is 2. The Morgan fingerprint density at radius 3 is 2.90 bits per heavy atom. The van der Waals surface area contributed by atoms with Crippen molar-refractivity contribution in [2.45, 2.75) is 32.6 Å². The lowest BCUT2D eigenvalue weighted by molar-refractivity contribution is -0.112. The first-order valence-electron chi connectivity index (χ1n) is 3.91. The van der Waals surface area contributed by atoms with Gasteiger partial charge >= 0.3 is 0 Å². The van der Waals surface area contributed by atoms with Crippen LogP contribution in [0, 0.1) is 0 Å². The number of ketones is 1. The van der Waals surface area contributed by atoms with Crippen LogP contribution in [0.5, 0.6) is 0 Å². The van der Waals surface area contributed by atoms with Gasteiger partial charge in [-0.15, -0.1) is 0 Å². The van der Waals surface area contributed by atoms with Crippen LogP contribution in [0.3, 0.4) is 0 Å². The van der Waals surface area contributed by atoms with Crippen molar-refractivity contribution < 1.29 is 4.79 Å². The molecule has 0 aromatic carbocycles. The molecule has 56 valence electrons. The molecule has 0 saturated carbocycles. The minimum atomic E-state index is 0.236. The molecule has 2 nitrogen and oxygen atoms in total. The summed E-state index contributed by atoms with van der Waals surface area (Å²) in [6, 6.07) is 0. The molecule has 0 saturated heterocycles. The largest absolute Gasteiger partial charge is 0.293 e. The molecule has 0 atom stereocenters. The van der Waals surface area contributed by atoms with Crippen LogP contribution in [0.4, 0.5) is 0 Å². The molecule has 10 heavy (non-hydrogen) atoms. The fourth-order valence-corrected chi connectivity index (χ4v) is 1.13. The third kappa shape index (κ3) is 1.66. The fraction of sp³-hybridized carbons (Fsp3) is 0.750. The van der Waals surface area contributed by atoms with Gasteiger partial charge in [0.1, 0.15) is 0 Å². The lowest BCUT2D eigenvalue weighted by Crippen LogP contribution is -2.16. The minimum absolute atomic E-state index is 0.236. The standard InChI is InChI=1S/C8H13NO/c1-2-8(10)7-5-3-4-6-9-7/h2-6H2,1H3/i1+1,2+1,8+1. The van der Waals surface area contributed by atoms with Gasteiger partial charge in [0, 0.05) is 13.0 Å². The third-order valence-corrected chi connectivity index (χ3v) is 1.77. The van der Waals surface area contributed by atoms with E-state index in [0.29, 0.717) is 6.42 Å². The number of aliphatic imine (C=N–C) groups is 1. The average Bonchev–Trinajstić information content (AvgIpc) is 2.05. The van der Waals surface area contributed by atoms with E-state index < -0.39 is 0 Å². The highest BCUT2D eigenvalue weighted by molar-refractivity contribution is 6.39. The fourth-order valence-electron chi connectivity index (χ4n) is 1.13. The first kappa shape index (κ1) is 7.45. The summed E-state index contributed by atoms with van der Waals surface area (Å²) < 4.78 is 0. The van der Waals surface area contributed by atoms with Crippen LogP contribution >= 0.6 is 0 Å². The van der Waals surface area contributed by atoms with Crippen molar-refractivity contribution in [2.24, 2.45) is 4.99 Å². The number of rotatable bonds is 2. The van der Waals surface area contributed by atoms with E-state index in [1.807, 2.05) is 6.92 Å². The van der Waals surface area contributed by atoms with Gasteiger partial charge < -0.3 is 0 Å². The van der Waals surface area contributed by atoms with E-state index in [0.717, 1.165) is 31.5 Å². The zero-order valence-corrected chi connectivity index (χ0v) is 6.39. The first-order chi connectivity index (χ1) is 4.84. The van der Waals surface area contributed by atoms with Crippen LogP contribution in [0.2, 0.25) is 0 Å². The van der Waals surface area contributed by atoms with Crippen LogP contribution in [0.1, 0.15) is 32.6 Å². The predicted molar refractivity (Wildman–Crippen MR) is 41.5 cm³/mol. The van der Waals surface area contributed by atoms with E-state index in [2.05, 4.69) is 4.99 Å². The number of nitrogens with zero attached hydrogens (tertiary/aromatic N) is 1. The maximum Gasteiger partial charge on any atom is 0.176 e. The van der Waals surface area contributed by atoms with E-state index in [-0.39, 0.29) is 5.78 Å². The highest BCUT2D eigenvalue weighted by atomic mass is 16.2. The van der Waals surface area contributed by atoms with Crippen LogP contribution in [-0.4, -0.2) is 18.0 Å². The second kappa shape index (κ2) is 3.49. The lowest BCUT2D eigenvalue weighted by Gasteiger charge is -2.08. The minimum Gasteiger partial charge on any atom is -0.293 e. The molecule has 0 radical (unpaired) electrons. The van der Waals surface area contributed by atoms with Crippen LogP contribution < -0.4 is 0 Å². The zero-order valence-electron chi connectivity index (χ0n) is 6.39. The first-order valence-corrected chi connectivity index (χ1v) is 3.91. The summed E-state index contributed by atoms with van der Waals surface area (Å²) in [7, 11) is 0. The number of carbonyl (C=O) groups is 1.